The molecule has 1 fully saturated rings. The van der Waals surface area contributed by atoms with E-state index in [9.17, 15) is 4.79 Å². The summed E-state index contributed by atoms with van der Waals surface area (Å²) in [5, 5.41) is 0. The maximum absolute atomic E-state index is 12.7. The van der Waals surface area contributed by atoms with Gasteiger partial charge in [0.25, 0.3) is 0 Å². The van der Waals surface area contributed by atoms with E-state index >= 15 is 0 Å². The van der Waals surface area contributed by atoms with Gasteiger partial charge in [-0.1, -0.05) is 56.7 Å². The van der Waals surface area contributed by atoms with Crippen molar-refractivity contribution in [3.63, 3.8) is 0 Å². The van der Waals surface area contributed by atoms with E-state index in [0.29, 0.717) is 0 Å². The molecule has 0 amide bonds. The molecule has 2 aromatic rings. The molecule has 1 aliphatic heterocycles. The molecule has 2 aromatic carbocycles. The fourth-order valence-corrected chi connectivity index (χ4v) is 4.66. The number of ether oxygens (including phenoxy) is 2. The molecule has 1 heterocycles. The summed E-state index contributed by atoms with van der Waals surface area (Å²) in [6, 6.07) is 18.0. The lowest BCUT2D eigenvalue weighted by molar-refractivity contribution is -0.333. The molecular formula is C27H32O5. The standard InChI is InChI=1S/C27H32O5/c1-19-13-18-25(32-31-19)26(28)30-24-12-8-7-11-23(24)27(2,3)20-14-16-22(17-15-20)29-21-9-5-4-6-10-21/h4-6,9-10,13-19,23-25H,7-8,11-12H2,1-3H3/t19-,23+,24+,25-/m1/s1. The van der Waals surface area contributed by atoms with Gasteiger partial charge in [0, 0.05) is 5.92 Å². The summed E-state index contributed by atoms with van der Waals surface area (Å²) in [6.45, 7) is 6.32. The number of hydrogen-bond donors (Lipinski definition) is 0. The SMILES string of the molecule is C[C@@H]1C=C[C@H](C(=O)O[C@H]2CCCC[C@@H]2C(C)(C)c2ccc(Oc3ccccc3)cc2)OO1. The molecule has 32 heavy (non-hydrogen) atoms. The molecule has 4 rings (SSSR count). The second-order valence-corrected chi connectivity index (χ2v) is 9.23. The molecule has 0 unspecified atom stereocenters. The Morgan fingerprint density at radius 3 is 2.28 bits per heavy atom. The lowest BCUT2D eigenvalue weighted by atomic mass is 9.66. The van der Waals surface area contributed by atoms with Gasteiger partial charge in [0.15, 0.2) is 0 Å². The minimum Gasteiger partial charge on any atom is -0.460 e. The van der Waals surface area contributed by atoms with E-state index in [2.05, 4.69) is 26.0 Å². The number of hydrogen-bond acceptors (Lipinski definition) is 5. The van der Waals surface area contributed by atoms with Crippen LogP contribution < -0.4 is 4.74 Å². The van der Waals surface area contributed by atoms with Crippen molar-refractivity contribution >= 4 is 5.97 Å². The minimum atomic E-state index is -0.800. The number of carbonyl (C=O) groups excluding carboxylic acids is 1. The maximum atomic E-state index is 12.7. The van der Waals surface area contributed by atoms with Crippen molar-refractivity contribution in [2.75, 3.05) is 0 Å². The van der Waals surface area contributed by atoms with E-state index in [0.717, 1.165) is 37.2 Å². The summed E-state index contributed by atoms with van der Waals surface area (Å²) >= 11 is 0. The van der Waals surface area contributed by atoms with Crippen LogP contribution in [0.15, 0.2) is 66.7 Å². The maximum Gasteiger partial charge on any atom is 0.343 e. The molecule has 0 bridgehead atoms. The predicted octanol–water partition coefficient (Wildman–Crippen LogP) is 6.13. The highest BCUT2D eigenvalue weighted by atomic mass is 17.2. The van der Waals surface area contributed by atoms with Gasteiger partial charge in [-0.05, 0) is 67.5 Å². The summed E-state index contributed by atoms with van der Waals surface area (Å²) in [5.41, 5.74) is 1.04. The van der Waals surface area contributed by atoms with Gasteiger partial charge in [-0.25, -0.2) is 14.6 Å². The normalized spacial score (nSPS) is 25.8. The van der Waals surface area contributed by atoms with E-state index < -0.39 is 6.10 Å². The fraction of sp³-hybridized carbons (Fsp3) is 0.444. The van der Waals surface area contributed by atoms with Gasteiger partial charge in [-0.3, -0.25) is 0 Å². The first-order valence-electron chi connectivity index (χ1n) is 11.5. The Labute approximate surface area is 190 Å². The van der Waals surface area contributed by atoms with Gasteiger partial charge in [0.2, 0.25) is 6.10 Å². The van der Waals surface area contributed by atoms with Gasteiger partial charge < -0.3 is 9.47 Å². The second kappa shape index (κ2) is 9.88. The molecule has 2 aliphatic rings. The highest BCUT2D eigenvalue weighted by molar-refractivity contribution is 5.77. The largest absolute Gasteiger partial charge is 0.460 e. The number of carbonyl (C=O) groups is 1. The Kier molecular flexibility index (Phi) is 6.97. The van der Waals surface area contributed by atoms with Crippen LogP contribution in [0.2, 0.25) is 0 Å². The van der Waals surface area contributed by atoms with Crippen LogP contribution in [0, 0.1) is 5.92 Å². The summed E-state index contributed by atoms with van der Waals surface area (Å²) < 4.78 is 11.9. The molecule has 1 aliphatic carbocycles. The molecule has 0 spiro atoms. The first-order valence-corrected chi connectivity index (χ1v) is 11.5. The third kappa shape index (κ3) is 5.22. The summed E-state index contributed by atoms with van der Waals surface area (Å²) in [4.78, 5) is 23.0. The Hall–Kier alpha value is -2.63. The van der Waals surface area contributed by atoms with Gasteiger partial charge in [0.05, 0.1) is 0 Å². The van der Waals surface area contributed by atoms with Crippen molar-refractivity contribution in [2.24, 2.45) is 5.92 Å². The summed E-state index contributed by atoms with van der Waals surface area (Å²) in [7, 11) is 0. The zero-order valence-electron chi connectivity index (χ0n) is 19.0. The zero-order valence-corrected chi connectivity index (χ0v) is 19.0. The predicted molar refractivity (Wildman–Crippen MR) is 122 cm³/mol. The molecule has 5 heteroatoms. The lowest BCUT2D eigenvalue weighted by Crippen LogP contribution is -2.43. The first-order chi connectivity index (χ1) is 15.4. The zero-order chi connectivity index (χ0) is 22.6. The topological polar surface area (TPSA) is 54.0 Å². The fourth-order valence-electron chi connectivity index (χ4n) is 4.66. The third-order valence-corrected chi connectivity index (χ3v) is 6.57. The molecule has 170 valence electrons. The average molecular weight is 437 g/mol. The molecule has 0 N–H and O–H groups in total. The van der Waals surface area contributed by atoms with E-state index in [4.69, 9.17) is 19.2 Å². The molecule has 0 aromatic heterocycles. The number of benzene rings is 2. The van der Waals surface area contributed by atoms with E-state index in [1.807, 2.05) is 55.5 Å². The van der Waals surface area contributed by atoms with Gasteiger partial charge >= 0.3 is 5.97 Å². The van der Waals surface area contributed by atoms with Crippen LogP contribution in [0.25, 0.3) is 0 Å². The summed E-state index contributed by atoms with van der Waals surface area (Å²) in [6.07, 6.45) is 6.50. The highest BCUT2D eigenvalue weighted by Gasteiger charge is 2.41. The molecule has 4 atom stereocenters. The van der Waals surface area contributed by atoms with Crippen molar-refractivity contribution in [1.82, 2.24) is 0 Å². The number of para-hydroxylation sites is 1. The Morgan fingerprint density at radius 2 is 1.59 bits per heavy atom. The van der Waals surface area contributed by atoms with Crippen LogP contribution in [0.4, 0.5) is 0 Å². The Balaban J connectivity index is 1.45. The van der Waals surface area contributed by atoms with Crippen LogP contribution in [0.3, 0.4) is 0 Å². The molecule has 5 nitrogen and oxygen atoms in total. The lowest BCUT2D eigenvalue weighted by Gasteiger charge is -2.42. The number of rotatable bonds is 6. The second-order valence-electron chi connectivity index (χ2n) is 9.23. The third-order valence-electron chi connectivity index (χ3n) is 6.57. The van der Waals surface area contributed by atoms with Crippen molar-refractivity contribution < 1.29 is 24.0 Å². The first kappa shape index (κ1) is 22.6. The van der Waals surface area contributed by atoms with Crippen LogP contribution >= 0.6 is 0 Å². The molecule has 0 saturated heterocycles. The van der Waals surface area contributed by atoms with Crippen LogP contribution in [-0.2, 0) is 24.7 Å². The van der Waals surface area contributed by atoms with Gasteiger partial charge in [-0.15, -0.1) is 0 Å². The van der Waals surface area contributed by atoms with Gasteiger partial charge in [0.1, 0.15) is 23.7 Å². The minimum absolute atomic E-state index is 0.150. The Bertz CT molecular complexity index is 919. The van der Waals surface area contributed by atoms with E-state index in [1.165, 1.54) is 5.56 Å². The van der Waals surface area contributed by atoms with E-state index in [1.54, 1.807) is 6.08 Å². The van der Waals surface area contributed by atoms with Crippen LogP contribution in [-0.4, -0.2) is 24.3 Å². The smallest absolute Gasteiger partial charge is 0.343 e. The molecular weight excluding hydrogens is 404 g/mol. The van der Waals surface area contributed by atoms with Crippen LogP contribution in [0.1, 0.15) is 52.0 Å². The van der Waals surface area contributed by atoms with Crippen LogP contribution in [0.5, 0.6) is 11.5 Å². The molecule has 1 saturated carbocycles. The summed E-state index contributed by atoms with van der Waals surface area (Å²) in [5.74, 6) is 1.45. The Morgan fingerprint density at radius 1 is 0.906 bits per heavy atom. The van der Waals surface area contributed by atoms with Crippen molar-refractivity contribution in [3.05, 3.63) is 72.3 Å². The average Bonchev–Trinajstić information content (AvgIpc) is 2.81. The quantitative estimate of drug-likeness (QED) is 0.310. The molecule has 0 radical (unpaired) electrons. The van der Waals surface area contributed by atoms with E-state index in [-0.39, 0.29) is 29.5 Å². The number of esters is 1. The van der Waals surface area contributed by atoms with Crippen molar-refractivity contribution in [2.45, 2.75) is 70.2 Å². The van der Waals surface area contributed by atoms with Crippen molar-refractivity contribution in [1.29, 1.82) is 0 Å². The van der Waals surface area contributed by atoms with Gasteiger partial charge in [-0.2, -0.15) is 0 Å². The monoisotopic (exact) mass is 436 g/mol. The highest BCUT2D eigenvalue weighted by Crippen LogP contribution is 2.43. The van der Waals surface area contributed by atoms with Crippen molar-refractivity contribution in [3.8, 4) is 11.5 Å².